The van der Waals surface area contributed by atoms with E-state index in [1.54, 1.807) is 0 Å². The van der Waals surface area contributed by atoms with E-state index in [4.69, 9.17) is 5.73 Å². The van der Waals surface area contributed by atoms with E-state index < -0.39 is 10.0 Å². The standard InChI is InChI=1S/C9H15N3O2S2/c10-4-1-5-16(13,14)12-9-11-8(6-15-9)7-2-3-7/h6-7H,1-5,10H2,(H,11,12). The monoisotopic (exact) mass is 261 g/mol. The van der Waals surface area contributed by atoms with Crippen LogP contribution in [0, 0.1) is 0 Å². The number of hydrogen-bond donors (Lipinski definition) is 2. The van der Waals surface area contributed by atoms with Crippen molar-refractivity contribution < 1.29 is 8.42 Å². The second kappa shape index (κ2) is 4.68. The van der Waals surface area contributed by atoms with Crippen molar-refractivity contribution in [1.82, 2.24) is 4.98 Å². The molecular formula is C9H15N3O2S2. The molecule has 0 bridgehead atoms. The average molecular weight is 261 g/mol. The average Bonchev–Trinajstić information content (AvgIpc) is 2.98. The summed E-state index contributed by atoms with van der Waals surface area (Å²) in [6.07, 6.45) is 2.81. The first-order valence-electron chi connectivity index (χ1n) is 5.27. The summed E-state index contributed by atoms with van der Waals surface area (Å²) in [4.78, 5) is 4.26. The molecule has 1 aromatic rings. The molecule has 5 nitrogen and oxygen atoms in total. The molecule has 1 fully saturated rings. The molecule has 90 valence electrons. The first-order chi connectivity index (χ1) is 7.61. The third-order valence-electron chi connectivity index (χ3n) is 2.38. The second-order valence-electron chi connectivity index (χ2n) is 3.91. The van der Waals surface area contributed by atoms with Gasteiger partial charge in [0.25, 0.3) is 0 Å². The summed E-state index contributed by atoms with van der Waals surface area (Å²) in [5.41, 5.74) is 6.29. The lowest BCUT2D eigenvalue weighted by atomic mass is 10.3. The van der Waals surface area contributed by atoms with E-state index in [0.717, 1.165) is 5.69 Å². The van der Waals surface area contributed by atoms with Gasteiger partial charge in [-0.25, -0.2) is 13.4 Å². The number of nitrogens with one attached hydrogen (secondary N) is 1. The first kappa shape index (κ1) is 11.8. The van der Waals surface area contributed by atoms with Crippen LogP contribution in [0.3, 0.4) is 0 Å². The summed E-state index contributed by atoms with van der Waals surface area (Å²) in [5, 5.41) is 2.40. The van der Waals surface area contributed by atoms with Crippen LogP contribution in [-0.2, 0) is 10.0 Å². The van der Waals surface area contributed by atoms with Gasteiger partial charge in [-0.1, -0.05) is 0 Å². The van der Waals surface area contributed by atoms with Crippen molar-refractivity contribution in [2.45, 2.75) is 25.2 Å². The summed E-state index contributed by atoms with van der Waals surface area (Å²) >= 11 is 1.35. The van der Waals surface area contributed by atoms with Crippen LogP contribution in [0.1, 0.15) is 30.9 Å². The van der Waals surface area contributed by atoms with Gasteiger partial charge in [0.05, 0.1) is 11.4 Å². The van der Waals surface area contributed by atoms with Crippen molar-refractivity contribution in [2.24, 2.45) is 5.73 Å². The number of nitrogens with two attached hydrogens (primary N) is 1. The van der Waals surface area contributed by atoms with Crippen molar-refractivity contribution in [3.05, 3.63) is 11.1 Å². The van der Waals surface area contributed by atoms with Crippen LogP contribution < -0.4 is 10.5 Å². The molecule has 1 heterocycles. The minimum atomic E-state index is -3.27. The summed E-state index contributed by atoms with van der Waals surface area (Å²) in [6.45, 7) is 0.381. The fourth-order valence-corrected chi connectivity index (χ4v) is 3.53. The summed E-state index contributed by atoms with van der Waals surface area (Å²) in [7, 11) is -3.27. The lowest BCUT2D eigenvalue weighted by molar-refractivity contribution is 0.598. The molecule has 2 rings (SSSR count). The Morgan fingerprint density at radius 2 is 2.31 bits per heavy atom. The molecule has 0 saturated heterocycles. The molecule has 0 unspecified atom stereocenters. The van der Waals surface area contributed by atoms with Crippen molar-refractivity contribution >= 4 is 26.5 Å². The summed E-state index contributed by atoms with van der Waals surface area (Å²) in [6, 6.07) is 0. The van der Waals surface area contributed by atoms with E-state index in [0.29, 0.717) is 24.0 Å². The lowest BCUT2D eigenvalue weighted by Crippen LogP contribution is -2.18. The molecule has 16 heavy (non-hydrogen) atoms. The Morgan fingerprint density at radius 3 is 2.94 bits per heavy atom. The van der Waals surface area contributed by atoms with E-state index in [2.05, 4.69) is 9.71 Å². The Balaban J connectivity index is 1.96. The third-order valence-corrected chi connectivity index (χ3v) is 4.61. The lowest BCUT2D eigenvalue weighted by Gasteiger charge is -2.03. The SMILES string of the molecule is NCCCS(=O)(=O)Nc1nc(C2CC2)cs1. The smallest absolute Gasteiger partial charge is 0.234 e. The summed E-state index contributed by atoms with van der Waals surface area (Å²) < 4.78 is 25.6. The molecule has 1 aliphatic carbocycles. The molecule has 3 N–H and O–H groups in total. The van der Waals surface area contributed by atoms with Gasteiger partial charge in [-0.05, 0) is 25.8 Å². The number of nitrogens with zero attached hydrogens (tertiary/aromatic N) is 1. The van der Waals surface area contributed by atoms with Gasteiger partial charge in [0.2, 0.25) is 10.0 Å². The minimum Gasteiger partial charge on any atom is -0.330 e. The van der Waals surface area contributed by atoms with Crippen LogP contribution in [-0.4, -0.2) is 25.7 Å². The van der Waals surface area contributed by atoms with E-state index in [-0.39, 0.29) is 5.75 Å². The Labute approximate surface area is 99.1 Å². The Kier molecular flexibility index (Phi) is 3.46. The minimum absolute atomic E-state index is 0.0574. The highest BCUT2D eigenvalue weighted by Gasteiger charge is 2.26. The van der Waals surface area contributed by atoms with Crippen LogP contribution in [0.15, 0.2) is 5.38 Å². The van der Waals surface area contributed by atoms with Crippen molar-refractivity contribution in [3.63, 3.8) is 0 Å². The maximum absolute atomic E-state index is 11.6. The van der Waals surface area contributed by atoms with E-state index in [1.807, 2.05) is 5.38 Å². The fourth-order valence-electron chi connectivity index (χ4n) is 1.36. The second-order valence-corrected chi connectivity index (χ2v) is 6.61. The molecule has 0 aromatic carbocycles. The zero-order valence-electron chi connectivity index (χ0n) is 8.85. The highest BCUT2D eigenvalue weighted by atomic mass is 32.2. The molecule has 0 aliphatic heterocycles. The number of aromatic nitrogens is 1. The number of hydrogen-bond acceptors (Lipinski definition) is 5. The quantitative estimate of drug-likeness (QED) is 0.803. The van der Waals surface area contributed by atoms with Gasteiger partial charge >= 0.3 is 0 Å². The number of rotatable bonds is 6. The molecule has 1 aromatic heterocycles. The van der Waals surface area contributed by atoms with Crippen molar-refractivity contribution in [1.29, 1.82) is 0 Å². The molecule has 0 spiro atoms. The Hall–Kier alpha value is -0.660. The Bertz CT molecular complexity index is 451. The Morgan fingerprint density at radius 1 is 1.56 bits per heavy atom. The van der Waals surface area contributed by atoms with Gasteiger partial charge in [-0.3, -0.25) is 4.72 Å². The molecular weight excluding hydrogens is 246 g/mol. The zero-order chi connectivity index (χ0) is 11.6. The molecule has 0 radical (unpaired) electrons. The zero-order valence-corrected chi connectivity index (χ0v) is 10.5. The van der Waals surface area contributed by atoms with Gasteiger partial charge in [0.15, 0.2) is 5.13 Å². The topological polar surface area (TPSA) is 85.1 Å². The first-order valence-corrected chi connectivity index (χ1v) is 7.80. The van der Waals surface area contributed by atoms with Crippen molar-refractivity contribution in [3.8, 4) is 0 Å². The third kappa shape index (κ3) is 3.16. The van der Waals surface area contributed by atoms with Crippen LogP contribution >= 0.6 is 11.3 Å². The van der Waals surface area contributed by atoms with Gasteiger partial charge in [0.1, 0.15) is 0 Å². The highest BCUT2D eigenvalue weighted by molar-refractivity contribution is 7.92. The van der Waals surface area contributed by atoms with E-state index in [9.17, 15) is 8.42 Å². The largest absolute Gasteiger partial charge is 0.330 e. The molecule has 1 saturated carbocycles. The number of thiazole rings is 1. The molecule has 0 amide bonds. The fraction of sp³-hybridized carbons (Fsp3) is 0.667. The van der Waals surface area contributed by atoms with Crippen LogP contribution in [0.5, 0.6) is 0 Å². The van der Waals surface area contributed by atoms with Gasteiger partial charge in [-0.15, -0.1) is 11.3 Å². The summed E-state index contributed by atoms with van der Waals surface area (Å²) in [5.74, 6) is 0.612. The predicted octanol–water partition coefficient (Wildman–Crippen LogP) is 1.11. The molecule has 1 aliphatic rings. The molecule has 7 heteroatoms. The van der Waals surface area contributed by atoms with Gasteiger partial charge in [0, 0.05) is 11.3 Å². The predicted molar refractivity (Wildman–Crippen MR) is 65.2 cm³/mol. The van der Waals surface area contributed by atoms with Crippen LogP contribution in [0.2, 0.25) is 0 Å². The van der Waals surface area contributed by atoms with E-state index >= 15 is 0 Å². The van der Waals surface area contributed by atoms with Gasteiger partial charge < -0.3 is 5.73 Å². The van der Waals surface area contributed by atoms with Crippen LogP contribution in [0.4, 0.5) is 5.13 Å². The maximum atomic E-state index is 11.6. The number of anilines is 1. The van der Waals surface area contributed by atoms with Crippen molar-refractivity contribution in [2.75, 3.05) is 17.0 Å². The normalized spacial score (nSPS) is 16.3. The van der Waals surface area contributed by atoms with Crippen LogP contribution in [0.25, 0.3) is 0 Å². The molecule has 0 atom stereocenters. The highest BCUT2D eigenvalue weighted by Crippen LogP contribution is 2.40. The van der Waals surface area contributed by atoms with E-state index in [1.165, 1.54) is 24.2 Å². The number of sulfonamides is 1. The maximum Gasteiger partial charge on any atom is 0.234 e. The van der Waals surface area contributed by atoms with Gasteiger partial charge in [-0.2, -0.15) is 0 Å².